The van der Waals surface area contributed by atoms with E-state index in [-0.39, 0.29) is 5.57 Å². The van der Waals surface area contributed by atoms with Crippen LogP contribution >= 0.6 is 0 Å². The Bertz CT molecular complexity index is 342. The predicted octanol–water partition coefficient (Wildman–Crippen LogP) is 1.51. The third kappa shape index (κ3) is 2.09. The first-order valence-electron chi connectivity index (χ1n) is 3.55. The van der Waals surface area contributed by atoms with Crippen molar-refractivity contribution < 1.29 is 4.79 Å². The minimum Gasteiger partial charge on any atom is -0.232 e. The van der Waals surface area contributed by atoms with Gasteiger partial charge in [0.1, 0.15) is 17.6 Å². The second kappa shape index (κ2) is 4.12. The minimum atomic E-state index is 0.140. The van der Waals surface area contributed by atoms with Crippen LogP contribution in [0, 0.1) is 11.3 Å². The van der Waals surface area contributed by atoms with E-state index in [1.54, 1.807) is 12.0 Å². The topological polar surface area (TPSA) is 40.9 Å². The van der Waals surface area contributed by atoms with Crippen LogP contribution in [0.15, 0.2) is 35.9 Å². The fourth-order valence-electron chi connectivity index (χ4n) is 0.898. The lowest BCUT2D eigenvalue weighted by atomic mass is 10.1. The molecule has 0 heterocycles. The SMILES string of the molecule is N#CC(=C=O)Cc1ccccc1. The number of allylic oxidation sites excluding steroid dienone is 1. The second-order valence-corrected chi connectivity index (χ2v) is 2.35. The molecule has 1 aromatic carbocycles. The number of hydrogen-bond donors (Lipinski definition) is 0. The van der Waals surface area contributed by atoms with Crippen LogP contribution in [-0.2, 0) is 11.2 Å². The summed E-state index contributed by atoms with van der Waals surface area (Å²) in [5.74, 6) is 1.61. The summed E-state index contributed by atoms with van der Waals surface area (Å²) in [5, 5.41) is 8.44. The van der Waals surface area contributed by atoms with E-state index in [1.807, 2.05) is 30.3 Å². The first-order valence-corrected chi connectivity index (χ1v) is 3.55. The van der Waals surface area contributed by atoms with Crippen LogP contribution < -0.4 is 0 Å². The van der Waals surface area contributed by atoms with Gasteiger partial charge in [0.25, 0.3) is 0 Å². The second-order valence-electron chi connectivity index (χ2n) is 2.35. The Hall–Kier alpha value is -1.84. The molecule has 0 N–H and O–H groups in total. The average Bonchev–Trinajstić information content (AvgIpc) is 2.16. The van der Waals surface area contributed by atoms with Crippen molar-refractivity contribution >= 4 is 5.94 Å². The molecule has 1 aromatic rings. The van der Waals surface area contributed by atoms with Crippen molar-refractivity contribution in [2.45, 2.75) is 6.42 Å². The molecule has 0 unspecified atom stereocenters. The summed E-state index contributed by atoms with van der Waals surface area (Å²) in [7, 11) is 0. The zero-order chi connectivity index (χ0) is 8.81. The van der Waals surface area contributed by atoms with E-state index in [0.717, 1.165) is 5.56 Å². The summed E-state index contributed by atoms with van der Waals surface area (Å²) >= 11 is 0. The number of rotatable bonds is 2. The highest BCUT2D eigenvalue weighted by Gasteiger charge is 1.97. The van der Waals surface area contributed by atoms with Crippen LogP contribution in [0.2, 0.25) is 0 Å². The zero-order valence-electron chi connectivity index (χ0n) is 6.45. The number of benzene rings is 1. The molecule has 1 rings (SSSR count). The summed E-state index contributed by atoms with van der Waals surface area (Å²) in [4.78, 5) is 10.2. The Labute approximate surface area is 70.8 Å². The number of nitriles is 1. The lowest BCUT2D eigenvalue weighted by Gasteiger charge is -1.94. The molecule has 12 heavy (non-hydrogen) atoms. The molecule has 0 saturated carbocycles. The van der Waals surface area contributed by atoms with Gasteiger partial charge in [-0.25, -0.2) is 4.79 Å². The molecular formula is C10H7NO. The van der Waals surface area contributed by atoms with Gasteiger partial charge < -0.3 is 0 Å². The summed E-state index contributed by atoms with van der Waals surface area (Å²) in [6.07, 6.45) is 0.376. The summed E-state index contributed by atoms with van der Waals surface area (Å²) in [5.41, 5.74) is 1.10. The molecule has 0 spiro atoms. The van der Waals surface area contributed by atoms with Crippen molar-refractivity contribution in [2.24, 2.45) is 0 Å². The number of nitrogens with zero attached hydrogens (tertiary/aromatic N) is 1. The van der Waals surface area contributed by atoms with Gasteiger partial charge in [-0.1, -0.05) is 30.3 Å². The van der Waals surface area contributed by atoms with Crippen molar-refractivity contribution in [3.8, 4) is 6.07 Å². The van der Waals surface area contributed by atoms with E-state index in [1.165, 1.54) is 0 Å². The first kappa shape index (κ1) is 8.26. The molecule has 2 heteroatoms. The van der Waals surface area contributed by atoms with Gasteiger partial charge >= 0.3 is 0 Å². The lowest BCUT2D eigenvalue weighted by molar-refractivity contribution is 0.567. The Morgan fingerprint density at radius 1 is 1.33 bits per heavy atom. The molecule has 0 aliphatic rings. The fourth-order valence-corrected chi connectivity index (χ4v) is 0.898. The zero-order valence-corrected chi connectivity index (χ0v) is 6.45. The minimum absolute atomic E-state index is 0.140. The van der Waals surface area contributed by atoms with Crippen molar-refractivity contribution in [3.05, 3.63) is 41.5 Å². The van der Waals surface area contributed by atoms with E-state index < -0.39 is 0 Å². The largest absolute Gasteiger partial charge is 0.232 e. The fraction of sp³-hybridized carbons (Fsp3) is 0.100. The molecule has 0 saturated heterocycles. The van der Waals surface area contributed by atoms with Gasteiger partial charge in [0, 0.05) is 6.42 Å². The smallest absolute Gasteiger partial charge is 0.139 e. The van der Waals surface area contributed by atoms with E-state index in [4.69, 9.17) is 5.26 Å². The van der Waals surface area contributed by atoms with Gasteiger partial charge in [0.2, 0.25) is 0 Å². The predicted molar refractivity (Wildman–Crippen MR) is 45.0 cm³/mol. The third-order valence-corrected chi connectivity index (χ3v) is 1.48. The Balaban J connectivity index is 2.79. The monoisotopic (exact) mass is 157 g/mol. The molecule has 0 aliphatic carbocycles. The van der Waals surface area contributed by atoms with E-state index in [9.17, 15) is 4.79 Å². The highest BCUT2D eigenvalue weighted by Crippen LogP contribution is 2.03. The highest BCUT2D eigenvalue weighted by molar-refractivity contribution is 5.59. The van der Waals surface area contributed by atoms with Gasteiger partial charge in [-0.05, 0) is 5.56 Å². The van der Waals surface area contributed by atoms with E-state index in [2.05, 4.69) is 0 Å². The van der Waals surface area contributed by atoms with Crippen molar-refractivity contribution in [1.29, 1.82) is 5.26 Å². The highest BCUT2D eigenvalue weighted by atomic mass is 16.1. The van der Waals surface area contributed by atoms with E-state index in [0.29, 0.717) is 6.42 Å². The van der Waals surface area contributed by atoms with Crippen LogP contribution in [0.4, 0.5) is 0 Å². The Morgan fingerprint density at radius 3 is 2.50 bits per heavy atom. The standard InChI is InChI=1S/C10H7NO/c11-7-10(8-12)6-9-4-2-1-3-5-9/h1-5H,6H2. The summed E-state index contributed by atoms with van der Waals surface area (Å²) in [6, 6.07) is 11.2. The molecular weight excluding hydrogens is 150 g/mol. The van der Waals surface area contributed by atoms with Gasteiger partial charge in [-0.2, -0.15) is 5.26 Å². The first-order chi connectivity index (χ1) is 5.86. The molecule has 58 valence electrons. The van der Waals surface area contributed by atoms with Crippen LogP contribution in [-0.4, -0.2) is 5.94 Å². The molecule has 0 aliphatic heterocycles. The van der Waals surface area contributed by atoms with Gasteiger partial charge in [0.05, 0.1) is 0 Å². The van der Waals surface area contributed by atoms with Crippen LogP contribution in [0.3, 0.4) is 0 Å². The molecule has 0 aromatic heterocycles. The molecule has 2 nitrogen and oxygen atoms in total. The molecule has 0 bridgehead atoms. The van der Waals surface area contributed by atoms with Gasteiger partial charge in [-0.3, -0.25) is 0 Å². The Morgan fingerprint density at radius 2 is 2.00 bits per heavy atom. The third-order valence-electron chi connectivity index (χ3n) is 1.48. The van der Waals surface area contributed by atoms with Crippen LogP contribution in [0.5, 0.6) is 0 Å². The summed E-state index contributed by atoms with van der Waals surface area (Å²) < 4.78 is 0. The summed E-state index contributed by atoms with van der Waals surface area (Å²) in [6.45, 7) is 0. The van der Waals surface area contributed by atoms with Crippen molar-refractivity contribution in [1.82, 2.24) is 0 Å². The normalized spacial score (nSPS) is 8.25. The Kier molecular flexibility index (Phi) is 2.84. The molecule has 0 amide bonds. The molecule has 0 radical (unpaired) electrons. The maximum absolute atomic E-state index is 10.2. The molecule has 0 fully saturated rings. The van der Waals surface area contributed by atoms with Crippen LogP contribution in [0.1, 0.15) is 5.56 Å². The quantitative estimate of drug-likeness (QED) is 0.482. The number of hydrogen-bond acceptors (Lipinski definition) is 2. The number of carbonyl (C=O) groups excluding carboxylic acids is 1. The van der Waals surface area contributed by atoms with Gasteiger partial charge in [-0.15, -0.1) is 0 Å². The maximum Gasteiger partial charge on any atom is 0.139 e. The van der Waals surface area contributed by atoms with Crippen molar-refractivity contribution in [2.75, 3.05) is 0 Å². The maximum atomic E-state index is 10.2. The van der Waals surface area contributed by atoms with Crippen molar-refractivity contribution in [3.63, 3.8) is 0 Å². The van der Waals surface area contributed by atoms with E-state index >= 15 is 0 Å². The van der Waals surface area contributed by atoms with Gasteiger partial charge in [0.15, 0.2) is 0 Å². The van der Waals surface area contributed by atoms with Crippen LogP contribution in [0.25, 0.3) is 0 Å². The molecule has 0 atom stereocenters. The average molecular weight is 157 g/mol. The lowest BCUT2D eigenvalue weighted by Crippen LogP contribution is -1.87.